The molecule has 0 atom stereocenters. The summed E-state index contributed by atoms with van der Waals surface area (Å²) in [5.74, 6) is 0.714. The third-order valence-corrected chi connectivity index (χ3v) is 3.40. The van der Waals surface area contributed by atoms with Crippen LogP contribution in [0, 0.1) is 6.92 Å². The second-order valence-corrected chi connectivity index (χ2v) is 4.79. The van der Waals surface area contributed by atoms with Crippen molar-refractivity contribution in [2.24, 2.45) is 0 Å². The predicted molar refractivity (Wildman–Crippen MR) is 79.3 cm³/mol. The molecule has 4 heteroatoms. The van der Waals surface area contributed by atoms with E-state index >= 15 is 0 Å². The number of ether oxygens (including phenoxy) is 1. The Morgan fingerprint density at radius 3 is 2.75 bits per heavy atom. The number of aryl methyl sites for hydroxylation is 2. The van der Waals surface area contributed by atoms with E-state index in [-0.39, 0.29) is 0 Å². The van der Waals surface area contributed by atoms with E-state index in [4.69, 9.17) is 16.3 Å². The quantitative estimate of drug-likeness (QED) is 0.783. The van der Waals surface area contributed by atoms with Gasteiger partial charge in [0.1, 0.15) is 12.4 Å². The van der Waals surface area contributed by atoms with E-state index in [2.05, 4.69) is 4.98 Å². The van der Waals surface area contributed by atoms with Crippen molar-refractivity contribution < 1.29 is 9.53 Å². The highest BCUT2D eigenvalue weighted by Gasteiger charge is 2.13. The fourth-order valence-corrected chi connectivity index (χ4v) is 2.27. The zero-order valence-electron chi connectivity index (χ0n) is 11.5. The third-order valence-electron chi connectivity index (χ3n) is 3.20. The normalized spacial score (nSPS) is 10.3. The molecular formula is C16H16ClNO2. The van der Waals surface area contributed by atoms with Gasteiger partial charge in [-0.3, -0.25) is 9.78 Å². The number of aromatic nitrogens is 1. The molecule has 0 bridgehead atoms. The molecule has 0 radical (unpaired) electrons. The van der Waals surface area contributed by atoms with Gasteiger partial charge in [-0.15, -0.1) is 0 Å². The highest BCUT2D eigenvalue weighted by molar-refractivity contribution is 6.67. The topological polar surface area (TPSA) is 39.2 Å². The summed E-state index contributed by atoms with van der Waals surface area (Å²) in [6.45, 7) is 4.23. The van der Waals surface area contributed by atoms with Crippen LogP contribution in [-0.2, 0) is 13.0 Å². The molecule has 0 spiro atoms. The lowest BCUT2D eigenvalue weighted by atomic mass is 10.0. The van der Waals surface area contributed by atoms with Gasteiger partial charge in [-0.1, -0.05) is 19.1 Å². The monoisotopic (exact) mass is 289 g/mol. The number of benzene rings is 1. The Morgan fingerprint density at radius 1 is 1.30 bits per heavy atom. The molecular weight excluding hydrogens is 274 g/mol. The Bertz CT molecular complexity index is 626. The summed E-state index contributed by atoms with van der Waals surface area (Å²) in [5, 5.41) is -0.457. The van der Waals surface area contributed by atoms with Crippen LogP contribution in [0.1, 0.15) is 34.1 Å². The highest BCUT2D eigenvalue weighted by atomic mass is 35.5. The molecule has 1 aromatic carbocycles. The first-order chi connectivity index (χ1) is 9.63. The molecule has 3 nitrogen and oxygen atoms in total. The van der Waals surface area contributed by atoms with Crippen molar-refractivity contribution in [1.29, 1.82) is 0 Å². The number of carbonyl (C=O) groups is 1. The van der Waals surface area contributed by atoms with Gasteiger partial charge in [0.2, 0.25) is 0 Å². The highest BCUT2D eigenvalue weighted by Crippen LogP contribution is 2.21. The van der Waals surface area contributed by atoms with Crippen molar-refractivity contribution in [1.82, 2.24) is 4.98 Å². The number of hydrogen-bond acceptors (Lipinski definition) is 3. The van der Waals surface area contributed by atoms with E-state index < -0.39 is 5.24 Å². The largest absolute Gasteiger partial charge is 0.487 e. The Hall–Kier alpha value is -1.87. The van der Waals surface area contributed by atoms with Crippen molar-refractivity contribution in [2.75, 3.05) is 0 Å². The van der Waals surface area contributed by atoms with Crippen LogP contribution in [0.5, 0.6) is 5.75 Å². The van der Waals surface area contributed by atoms with Gasteiger partial charge in [0, 0.05) is 17.3 Å². The molecule has 0 fully saturated rings. The van der Waals surface area contributed by atoms with Crippen molar-refractivity contribution >= 4 is 16.8 Å². The zero-order chi connectivity index (χ0) is 14.5. The van der Waals surface area contributed by atoms with E-state index in [0.717, 1.165) is 23.2 Å². The lowest BCUT2D eigenvalue weighted by molar-refractivity contribution is 0.107. The van der Waals surface area contributed by atoms with Gasteiger partial charge in [0.05, 0.1) is 5.69 Å². The van der Waals surface area contributed by atoms with Gasteiger partial charge in [0.15, 0.2) is 0 Å². The standard InChI is InChI=1S/C16H16ClNO2/c1-3-12-6-4-7-13(16(17)19)14(12)10-20-15-8-5-9-18-11(15)2/h4-9H,3,10H2,1-2H3. The molecule has 0 saturated carbocycles. The van der Waals surface area contributed by atoms with Crippen LogP contribution < -0.4 is 4.74 Å². The number of carbonyl (C=O) groups excluding carboxylic acids is 1. The first-order valence-electron chi connectivity index (χ1n) is 6.48. The van der Waals surface area contributed by atoms with E-state index in [1.165, 1.54) is 0 Å². The van der Waals surface area contributed by atoms with Crippen LogP contribution in [0.3, 0.4) is 0 Å². The molecule has 1 aromatic heterocycles. The summed E-state index contributed by atoms with van der Waals surface area (Å²) in [6, 6.07) is 9.23. The summed E-state index contributed by atoms with van der Waals surface area (Å²) < 4.78 is 5.78. The van der Waals surface area contributed by atoms with Crippen molar-refractivity contribution in [3.05, 3.63) is 58.9 Å². The minimum absolute atomic E-state index is 0.310. The number of halogens is 1. The molecule has 0 unspecified atom stereocenters. The molecule has 20 heavy (non-hydrogen) atoms. The third kappa shape index (κ3) is 3.17. The zero-order valence-corrected chi connectivity index (χ0v) is 12.3. The van der Waals surface area contributed by atoms with Gasteiger partial charge in [-0.25, -0.2) is 0 Å². The molecule has 104 valence electrons. The molecule has 2 rings (SSSR count). The molecule has 1 heterocycles. The molecule has 2 aromatic rings. The summed E-state index contributed by atoms with van der Waals surface area (Å²) in [7, 11) is 0. The molecule has 0 saturated heterocycles. The average molecular weight is 290 g/mol. The lowest BCUT2D eigenvalue weighted by Gasteiger charge is -2.13. The molecule has 0 N–H and O–H groups in total. The van der Waals surface area contributed by atoms with Crippen molar-refractivity contribution in [3.8, 4) is 5.75 Å². The van der Waals surface area contributed by atoms with Crippen LogP contribution in [0.2, 0.25) is 0 Å². The maximum absolute atomic E-state index is 11.5. The smallest absolute Gasteiger partial charge is 0.252 e. The number of rotatable bonds is 5. The second-order valence-electron chi connectivity index (χ2n) is 4.45. The van der Waals surface area contributed by atoms with E-state index in [9.17, 15) is 4.79 Å². The second kappa shape index (κ2) is 6.53. The lowest BCUT2D eigenvalue weighted by Crippen LogP contribution is -2.07. The van der Waals surface area contributed by atoms with Crippen LogP contribution in [0.4, 0.5) is 0 Å². The summed E-state index contributed by atoms with van der Waals surface area (Å²) in [6.07, 6.45) is 2.54. The first kappa shape index (κ1) is 14.5. The molecule has 0 aliphatic heterocycles. The van der Waals surface area contributed by atoms with Gasteiger partial charge >= 0.3 is 0 Å². The van der Waals surface area contributed by atoms with Crippen LogP contribution in [0.25, 0.3) is 0 Å². The summed E-state index contributed by atoms with van der Waals surface area (Å²) in [4.78, 5) is 15.7. The Balaban J connectivity index is 2.29. The van der Waals surface area contributed by atoms with E-state index in [0.29, 0.717) is 17.9 Å². The Labute approximate surface area is 123 Å². The fourth-order valence-electron chi connectivity index (χ4n) is 2.09. The summed E-state index contributed by atoms with van der Waals surface area (Å²) in [5.41, 5.74) is 3.24. The molecule has 0 aliphatic rings. The average Bonchev–Trinajstić information content (AvgIpc) is 2.46. The SMILES string of the molecule is CCc1cccc(C(=O)Cl)c1COc1cccnc1C. The molecule has 0 amide bonds. The van der Waals surface area contributed by atoms with Crippen molar-refractivity contribution in [2.45, 2.75) is 26.9 Å². The Kier molecular flexibility index (Phi) is 4.74. The van der Waals surface area contributed by atoms with E-state index in [1.54, 1.807) is 12.3 Å². The number of hydrogen-bond donors (Lipinski definition) is 0. The molecule has 0 aliphatic carbocycles. The maximum Gasteiger partial charge on any atom is 0.252 e. The van der Waals surface area contributed by atoms with Crippen LogP contribution >= 0.6 is 11.6 Å². The number of nitrogens with zero attached hydrogens (tertiary/aromatic N) is 1. The fraction of sp³-hybridized carbons (Fsp3) is 0.250. The van der Waals surface area contributed by atoms with Gasteiger partial charge in [0.25, 0.3) is 5.24 Å². The van der Waals surface area contributed by atoms with Gasteiger partial charge in [-0.05, 0) is 48.7 Å². The van der Waals surface area contributed by atoms with Gasteiger partial charge in [-0.2, -0.15) is 0 Å². The number of pyridine rings is 1. The van der Waals surface area contributed by atoms with E-state index in [1.807, 2.05) is 38.1 Å². The predicted octanol–water partition coefficient (Wildman–Crippen LogP) is 3.91. The van der Waals surface area contributed by atoms with Crippen LogP contribution in [-0.4, -0.2) is 10.2 Å². The minimum Gasteiger partial charge on any atom is -0.487 e. The minimum atomic E-state index is -0.457. The first-order valence-corrected chi connectivity index (χ1v) is 6.86. The Morgan fingerprint density at radius 2 is 2.10 bits per heavy atom. The van der Waals surface area contributed by atoms with Gasteiger partial charge < -0.3 is 4.74 Å². The van der Waals surface area contributed by atoms with Crippen LogP contribution in [0.15, 0.2) is 36.5 Å². The van der Waals surface area contributed by atoms with Crippen molar-refractivity contribution in [3.63, 3.8) is 0 Å². The summed E-state index contributed by atoms with van der Waals surface area (Å²) >= 11 is 5.64. The maximum atomic E-state index is 11.5.